The molecule has 26 heavy (non-hydrogen) atoms. The molecule has 0 saturated heterocycles. The molecule has 0 N–H and O–H groups in total. The van der Waals surface area contributed by atoms with Crippen molar-refractivity contribution in [1.29, 1.82) is 5.26 Å². The molecule has 0 heterocycles. The molecule has 0 aliphatic carbocycles. The van der Waals surface area contributed by atoms with E-state index in [-0.39, 0.29) is 12.3 Å². The number of halogens is 1. The van der Waals surface area contributed by atoms with Crippen molar-refractivity contribution in [3.05, 3.63) is 61.2 Å². The van der Waals surface area contributed by atoms with Crippen molar-refractivity contribution in [2.75, 3.05) is 13.7 Å². The number of nitro benzene ring substituents is 1. The fraction of sp³-hybridized carbons (Fsp3) is 0.105. The molecule has 0 saturated carbocycles. The number of benzene rings is 2. The van der Waals surface area contributed by atoms with Crippen LogP contribution < -0.4 is 9.47 Å². The molecule has 0 amide bonds. The molecule has 0 bridgehead atoms. The van der Waals surface area contributed by atoms with Crippen molar-refractivity contribution in [3.63, 3.8) is 0 Å². The van der Waals surface area contributed by atoms with Crippen molar-refractivity contribution in [2.24, 2.45) is 0 Å². The van der Waals surface area contributed by atoms with E-state index < -0.39 is 4.92 Å². The van der Waals surface area contributed by atoms with Crippen molar-refractivity contribution in [1.82, 2.24) is 0 Å². The zero-order valence-corrected chi connectivity index (χ0v) is 15.9. The Balaban J connectivity index is 2.42. The van der Waals surface area contributed by atoms with E-state index in [1.54, 1.807) is 24.3 Å². The van der Waals surface area contributed by atoms with Crippen LogP contribution >= 0.6 is 22.6 Å². The van der Waals surface area contributed by atoms with Gasteiger partial charge in [0.15, 0.2) is 11.5 Å². The second-order valence-corrected chi connectivity index (χ2v) is 6.16. The predicted molar refractivity (Wildman–Crippen MR) is 107 cm³/mol. The molecule has 0 unspecified atom stereocenters. The smallest absolute Gasteiger partial charge is 0.269 e. The number of nitriles is 1. The lowest BCUT2D eigenvalue weighted by atomic mass is 10.0. The Morgan fingerprint density at radius 2 is 2.08 bits per heavy atom. The highest BCUT2D eigenvalue weighted by Crippen LogP contribution is 2.35. The van der Waals surface area contributed by atoms with Gasteiger partial charge in [0.25, 0.3) is 5.69 Å². The molecule has 0 aromatic heterocycles. The number of non-ortho nitro benzene ring substituents is 1. The van der Waals surface area contributed by atoms with Crippen LogP contribution in [-0.4, -0.2) is 18.6 Å². The van der Waals surface area contributed by atoms with E-state index in [0.29, 0.717) is 22.6 Å². The van der Waals surface area contributed by atoms with Gasteiger partial charge in [-0.2, -0.15) is 5.26 Å². The SMILES string of the molecule is C#CCOc1c(I)cc(/C=C(/C#N)c2ccc([N+](=O)[O-])cc2)cc1OC. The zero-order chi connectivity index (χ0) is 19.1. The van der Waals surface area contributed by atoms with Gasteiger partial charge < -0.3 is 9.47 Å². The van der Waals surface area contributed by atoms with Crippen molar-refractivity contribution >= 4 is 39.9 Å². The van der Waals surface area contributed by atoms with Gasteiger partial charge in [-0.1, -0.05) is 5.92 Å². The first kappa shape index (κ1) is 19.3. The zero-order valence-electron chi connectivity index (χ0n) is 13.7. The van der Waals surface area contributed by atoms with Crippen LogP contribution in [0.3, 0.4) is 0 Å². The minimum Gasteiger partial charge on any atom is -0.493 e. The van der Waals surface area contributed by atoms with E-state index in [9.17, 15) is 15.4 Å². The molecule has 0 spiro atoms. The largest absolute Gasteiger partial charge is 0.493 e. The summed E-state index contributed by atoms with van der Waals surface area (Å²) in [6.45, 7) is 0.119. The minimum absolute atomic E-state index is 0.0303. The van der Waals surface area contributed by atoms with Crippen LogP contribution in [0.25, 0.3) is 11.6 Å². The predicted octanol–water partition coefficient (Wildman–Crippen LogP) is 4.28. The van der Waals surface area contributed by atoms with Gasteiger partial charge >= 0.3 is 0 Å². The lowest BCUT2D eigenvalue weighted by molar-refractivity contribution is -0.384. The maximum Gasteiger partial charge on any atom is 0.269 e. The lowest BCUT2D eigenvalue weighted by Gasteiger charge is -2.12. The van der Waals surface area contributed by atoms with E-state index in [2.05, 4.69) is 34.6 Å². The number of hydrogen-bond donors (Lipinski definition) is 0. The van der Waals surface area contributed by atoms with Gasteiger partial charge in [0, 0.05) is 12.1 Å². The number of allylic oxidation sites excluding steroid dienone is 1. The van der Waals surface area contributed by atoms with Crippen molar-refractivity contribution in [3.8, 4) is 29.9 Å². The summed E-state index contributed by atoms with van der Waals surface area (Å²) < 4.78 is 11.6. The first-order valence-electron chi connectivity index (χ1n) is 7.30. The molecule has 2 aromatic rings. The van der Waals surface area contributed by atoms with Gasteiger partial charge in [0.05, 0.1) is 27.2 Å². The van der Waals surface area contributed by atoms with Gasteiger partial charge in [0.1, 0.15) is 6.61 Å². The Kier molecular flexibility index (Phi) is 6.59. The molecule has 2 rings (SSSR count). The van der Waals surface area contributed by atoms with Crippen LogP contribution in [0.1, 0.15) is 11.1 Å². The second-order valence-electron chi connectivity index (χ2n) is 5.00. The molecule has 130 valence electrons. The number of ether oxygens (including phenoxy) is 2. The summed E-state index contributed by atoms with van der Waals surface area (Å²) in [5.41, 5.74) is 1.65. The minimum atomic E-state index is -0.484. The molecular weight excluding hydrogens is 447 g/mol. The third kappa shape index (κ3) is 4.52. The Bertz CT molecular complexity index is 938. The number of nitrogens with zero attached hydrogens (tertiary/aromatic N) is 2. The van der Waals surface area contributed by atoms with Gasteiger partial charge in [-0.25, -0.2) is 0 Å². The molecule has 0 aliphatic rings. The molecule has 7 heteroatoms. The quantitative estimate of drug-likeness (QED) is 0.160. The molecule has 0 atom stereocenters. The van der Waals surface area contributed by atoms with Crippen LogP contribution in [0.4, 0.5) is 5.69 Å². The summed E-state index contributed by atoms with van der Waals surface area (Å²) in [4.78, 5) is 10.3. The average molecular weight is 460 g/mol. The number of methoxy groups -OCH3 is 1. The maximum atomic E-state index is 10.7. The van der Waals surface area contributed by atoms with E-state index in [0.717, 1.165) is 9.13 Å². The number of rotatable bonds is 6. The topological polar surface area (TPSA) is 85.4 Å². The number of hydrogen-bond acceptors (Lipinski definition) is 5. The average Bonchev–Trinajstić information content (AvgIpc) is 2.64. The summed E-state index contributed by atoms with van der Waals surface area (Å²) in [5, 5.41) is 20.2. The van der Waals surface area contributed by atoms with Gasteiger partial charge in [-0.3, -0.25) is 10.1 Å². The fourth-order valence-electron chi connectivity index (χ4n) is 2.19. The van der Waals surface area contributed by atoms with Crippen LogP contribution in [0.2, 0.25) is 0 Å². The van der Waals surface area contributed by atoms with Gasteiger partial charge in [-0.15, -0.1) is 6.42 Å². The summed E-state index contributed by atoms with van der Waals surface area (Å²) >= 11 is 2.10. The Hall–Kier alpha value is -3.04. The number of nitro groups is 1. The summed E-state index contributed by atoms with van der Waals surface area (Å²) in [5.74, 6) is 3.44. The van der Waals surface area contributed by atoms with Gasteiger partial charge in [-0.05, 0) is 64.1 Å². The molecule has 2 aromatic carbocycles. The van der Waals surface area contributed by atoms with Crippen molar-refractivity contribution in [2.45, 2.75) is 0 Å². The second kappa shape index (κ2) is 8.88. The highest BCUT2D eigenvalue weighted by molar-refractivity contribution is 14.1. The van der Waals surface area contributed by atoms with Gasteiger partial charge in [0.2, 0.25) is 0 Å². The van der Waals surface area contributed by atoms with Crippen LogP contribution in [0, 0.1) is 37.4 Å². The first-order valence-corrected chi connectivity index (χ1v) is 8.38. The molecule has 0 aliphatic heterocycles. The molecule has 0 radical (unpaired) electrons. The highest BCUT2D eigenvalue weighted by atomic mass is 127. The van der Waals surface area contributed by atoms with E-state index in [1.165, 1.54) is 19.2 Å². The summed E-state index contributed by atoms with van der Waals surface area (Å²) in [6, 6.07) is 11.5. The number of terminal acetylenes is 1. The molecular formula is C19H13IN2O4. The standard InChI is InChI=1S/C19H13IN2O4/c1-3-8-26-19-17(20)10-13(11-18(19)25-2)9-15(12-21)14-4-6-16(7-5-14)22(23)24/h1,4-7,9-11H,8H2,2H3/b15-9-. The Morgan fingerprint density at radius 3 is 2.62 bits per heavy atom. The molecule has 6 nitrogen and oxygen atoms in total. The summed E-state index contributed by atoms with van der Waals surface area (Å²) in [6.07, 6.45) is 6.90. The van der Waals surface area contributed by atoms with Crippen molar-refractivity contribution < 1.29 is 14.4 Å². The van der Waals surface area contributed by atoms with Crippen LogP contribution in [0.15, 0.2) is 36.4 Å². The lowest BCUT2D eigenvalue weighted by Crippen LogP contribution is -1.99. The third-order valence-electron chi connectivity index (χ3n) is 3.37. The Morgan fingerprint density at radius 1 is 1.38 bits per heavy atom. The maximum absolute atomic E-state index is 10.7. The Labute approximate surface area is 164 Å². The first-order chi connectivity index (χ1) is 12.5. The van der Waals surface area contributed by atoms with Crippen LogP contribution in [0.5, 0.6) is 11.5 Å². The van der Waals surface area contributed by atoms with Crippen LogP contribution in [-0.2, 0) is 0 Å². The highest BCUT2D eigenvalue weighted by Gasteiger charge is 2.12. The fourth-order valence-corrected chi connectivity index (χ4v) is 2.97. The van der Waals surface area contributed by atoms with E-state index in [4.69, 9.17) is 15.9 Å². The third-order valence-corrected chi connectivity index (χ3v) is 4.17. The normalized spacial score (nSPS) is 10.5. The van der Waals surface area contributed by atoms with E-state index in [1.807, 2.05) is 6.07 Å². The van der Waals surface area contributed by atoms with E-state index >= 15 is 0 Å². The molecule has 0 fully saturated rings. The summed E-state index contributed by atoms with van der Waals surface area (Å²) in [7, 11) is 1.52. The monoisotopic (exact) mass is 460 g/mol.